The number of nitrogens with zero attached hydrogens (tertiary/aromatic N) is 1. The average Bonchev–Trinajstić information content (AvgIpc) is 2.38. The molecule has 0 aromatic heterocycles. The number of carbonyl (C=O) groups excluding carboxylic acids is 1. The molecule has 0 aliphatic carbocycles. The molecule has 0 saturated carbocycles. The maximum atomic E-state index is 11.9. The van der Waals surface area contributed by atoms with E-state index in [0.29, 0.717) is 13.1 Å². The minimum atomic E-state index is -0.131. The van der Waals surface area contributed by atoms with Crippen molar-refractivity contribution in [3.8, 4) is 5.75 Å². The van der Waals surface area contributed by atoms with Gasteiger partial charge in [0, 0.05) is 26.1 Å². The first-order valence-corrected chi connectivity index (χ1v) is 6.64. The fraction of sp³-hybridized carbons (Fsp3) is 0.533. The quantitative estimate of drug-likeness (QED) is 0.855. The Labute approximate surface area is 115 Å². The summed E-state index contributed by atoms with van der Waals surface area (Å²) in [5.74, 6) is 0.793. The molecule has 1 atom stereocenters. The SMILES string of the molecule is CC(C)Oc1ccc(CN(C)C(=O)C(C)CN)cc1. The van der Waals surface area contributed by atoms with Crippen molar-refractivity contribution in [3.63, 3.8) is 0 Å². The van der Waals surface area contributed by atoms with Crippen LogP contribution in [0.25, 0.3) is 0 Å². The lowest BCUT2D eigenvalue weighted by Gasteiger charge is -2.21. The maximum Gasteiger partial charge on any atom is 0.226 e. The normalized spacial score (nSPS) is 12.3. The first kappa shape index (κ1) is 15.5. The molecule has 0 spiro atoms. The van der Waals surface area contributed by atoms with Gasteiger partial charge in [0.05, 0.1) is 6.10 Å². The van der Waals surface area contributed by atoms with Gasteiger partial charge >= 0.3 is 0 Å². The van der Waals surface area contributed by atoms with Crippen molar-refractivity contribution in [3.05, 3.63) is 29.8 Å². The largest absolute Gasteiger partial charge is 0.491 e. The summed E-state index contributed by atoms with van der Waals surface area (Å²) >= 11 is 0. The predicted octanol–water partition coefficient (Wildman–Crippen LogP) is 2.03. The standard InChI is InChI=1S/C15H24N2O2/c1-11(2)19-14-7-5-13(6-8-14)10-17(4)15(18)12(3)9-16/h5-8,11-12H,9-10,16H2,1-4H3. The van der Waals surface area contributed by atoms with Gasteiger partial charge in [-0.2, -0.15) is 0 Å². The number of ether oxygens (including phenoxy) is 1. The molecule has 0 aliphatic rings. The minimum absolute atomic E-state index is 0.0741. The van der Waals surface area contributed by atoms with Crippen molar-refractivity contribution >= 4 is 5.91 Å². The molecule has 1 unspecified atom stereocenters. The Morgan fingerprint density at radius 2 is 1.84 bits per heavy atom. The van der Waals surface area contributed by atoms with Crippen molar-refractivity contribution in [2.75, 3.05) is 13.6 Å². The van der Waals surface area contributed by atoms with Gasteiger partial charge in [-0.3, -0.25) is 4.79 Å². The summed E-state index contributed by atoms with van der Waals surface area (Å²) in [7, 11) is 1.80. The zero-order chi connectivity index (χ0) is 14.4. The molecule has 1 aromatic rings. The average molecular weight is 264 g/mol. The molecule has 0 fully saturated rings. The first-order chi connectivity index (χ1) is 8.93. The molecule has 4 nitrogen and oxygen atoms in total. The number of hydrogen-bond donors (Lipinski definition) is 1. The highest BCUT2D eigenvalue weighted by molar-refractivity contribution is 5.78. The topological polar surface area (TPSA) is 55.6 Å². The molecule has 4 heteroatoms. The molecule has 0 aliphatic heterocycles. The Balaban J connectivity index is 2.60. The third-order valence-corrected chi connectivity index (χ3v) is 2.87. The van der Waals surface area contributed by atoms with Crippen LogP contribution in [0.2, 0.25) is 0 Å². The van der Waals surface area contributed by atoms with Crippen molar-refractivity contribution in [2.24, 2.45) is 11.7 Å². The van der Waals surface area contributed by atoms with E-state index in [9.17, 15) is 4.79 Å². The molecule has 1 rings (SSSR count). The van der Waals surface area contributed by atoms with Gasteiger partial charge in [-0.05, 0) is 31.5 Å². The lowest BCUT2D eigenvalue weighted by Crippen LogP contribution is -2.34. The molecule has 1 amide bonds. The van der Waals surface area contributed by atoms with Crippen LogP contribution >= 0.6 is 0 Å². The lowest BCUT2D eigenvalue weighted by molar-refractivity contribution is -0.133. The van der Waals surface area contributed by atoms with Gasteiger partial charge in [0.2, 0.25) is 5.91 Å². The summed E-state index contributed by atoms with van der Waals surface area (Å²) in [6, 6.07) is 7.82. The van der Waals surface area contributed by atoms with Crippen LogP contribution in [0.4, 0.5) is 0 Å². The third-order valence-electron chi connectivity index (χ3n) is 2.87. The third kappa shape index (κ3) is 4.91. The summed E-state index contributed by atoms with van der Waals surface area (Å²) in [5.41, 5.74) is 6.59. The number of amides is 1. The summed E-state index contributed by atoms with van der Waals surface area (Å²) in [4.78, 5) is 13.6. The zero-order valence-corrected chi connectivity index (χ0v) is 12.2. The van der Waals surface area contributed by atoms with Crippen LogP contribution in [-0.2, 0) is 11.3 Å². The molecule has 2 N–H and O–H groups in total. The zero-order valence-electron chi connectivity index (χ0n) is 12.2. The molecular formula is C15H24N2O2. The second-order valence-electron chi connectivity index (χ2n) is 5.14. The molecule has 0 bridgehead atoms. The number of nitrogens with two attached hydrogens (primary N) is 1. The smallest absolute Gasteiger partial charge is 0.226 e. The van der Waals surface area contributed by atoms with E-state index in [2.05, 4.69) is 0 Å². The predicted molar refractivity (Wildman–Crippen MR) is 76.9 cm³/mol. The highest BCUT2D eigenvalue weighted by Crippen LogP contribution is 2.15. The second kappa shape index (κ2) is 7.14. The van der Waals surface area contributed by atoms with E-state index in [0.717, 1.165) is 11.3 Å². The summed E-state index contributed by atoms with van der Waals surface area (Å²) in [6.45, 7) is 6.80. The number of benzene rings is 1. The Kier molecular flexibility index (Phi) is 5.83. The Morgan fingerprint density at radius 3 is 2.32 bits per heavy atom. The van der Waals surface area contributed by atoms with Gasteiger partial charge in [0.1, 0.15) is 5.75 Å². The van der Waals surface area contributed by atoms with Gasteiger partial charge in [-0.25, -0.2) is 0 Å². The highest BCUT2D eigenvalue weighted by Gasteiger charge is 2.15. The fourth-order valence-corrected chi connectivity index (χ4v) is 1.77. The Bertz CT molecular complexity index is 401. The first-order valence-electron chi connectivity index (χ1n) is 6.64. The number of rotatable bonds is 6. The molecule has 0 radical (unpaired) electrons. The van der Waals surface area contributed by atoms with E-state index in [1.807, 2.05) is 45.0 Å². The number of carbonyl (C=O) groups is 1. The molecular weight excluding hydrogens is 240 g/mol. The van der Waals surface area contributed by atoms with Crippen molar-refractivity contribution in [1.29, 1.82) is 0 Å². The lowest BCUT2D eigenvalue weighted by atomic mass is 10.1. The Morgan fingerprint density at radius 1 is 1.26 bits per heavy atom. The summed E-state index contributed by atoms with van der Waals surface area (Å²) < 4.78 is 5.58. The van der Waals surface area contributed by atoms with E-state index >= 15 is 0 Å². The van der Waals surface area contributed by atoms with Crippen LogP contribution in [0, 0.1) is 5.92 Å². The van der Waals surface area contributed by atoms with Gasteiger partial charge in [0.15, 0.2) is 0 Å². The molecule has 106 valence electrons. The monoisotopic (exact) mass is 264 g/mol. The van der Waals surface area contributed by atoms with Crippen LogP contribution in [0.5, 0.6) is 5.75 Å². The molecule has 0 saturated heterocycles. The Hall–Kier alpha value is -1.55. The van der Waals surface area contributed by atoms with E-state index in [-0.39, 0.29) is 17.9 Å². The maximum absolute atomic E-state index is 11.9. The van der Waals surface area contributed by atoms with Crippen molar-refractivity contribution in [1.82, 2.24) is 4.90 Å². The minimum Gasteiger partial charge on any atom is -0.491 e. The second-order valence-corrected chi connectivity index (χ2v) is 5.14. The van der Waals surface area contributed by atoms with Crippen LogP contribution in [0.3, 0.4) is 0 Å². The fourth-order valence-electron chi connectivity index (χ4n) is 1.77. The van der Waals surface area contributed by atoms with Crippen LogP contribution in [0.15, 0.2) is 24.3 Å². The summed E-state index contributed by atoms with van der Waals surface area (Å²) in [5, 5.41) is 0. The van der Waals surface area contributed by atoms with Gasteiger partial charge in [-0.15, -0.1) is 0 Å². The van der Waals surface area contributed by atoms with Crippen molar-refractivity contribution < 1.29 is 9.53 Å². The van der Waals surface area contributed by atoms with Crippen LogP contribution in [0.1, 0.15) is 26.3 Å². The van der Waals surface area contributed by atoms with Crippen molar-refractivity contribution in [2.45, 2.75) is 33.4 Å². The van der Waals surface area contributed by atoms with E-state index in [4.69, 9.17) is 10.5 Å². The van der Waals surface area contributed by atoms with E-state index < -0.39 is 0 Å². The molecule has 1 aromatic carbocycles. The van der Waals surface area contributed by atoms with E-state index in [1.165, 1.54) is 0 Å². The molecule has 0 heterocycles. The van der Waals surface area contributed by atoms with E-state index in [1.54, 1.807) is 11.9 Å². The van der Waals surface area contributed by atoms with Gasteiger partial charge < -0.3 is 15.4 Å². The van der Waals surface area contributed by atoms with Crippen LogP contribution in [-0.4, -0.2) is 30.5 Å². The van der Waals surface area contributed by atoms with Gasteiger partial charge in [-0.1, -0.05) is 19.1 Å². The number of hydrogen-bond acceptors (Lipinski definition) is 3. The highest BCUT2D eigenvalue weighted by atomic mass is 16.5. The summed E-state index contributed by atoms with van der Waals surface area (Å²) in [6.07, 6.45) is 0.167. The van der Waals surface area contributed by atoms with Gasteiger partial charge in [0.25, 0.3) is 0 Å². The molecule has 19 heavy (non-hydrogen) atoms. The van der Waals surface area contributed by atoms with Crippen LogP contribution < -0.4 is 10.5 Å².